The lowest BCUT2D eigenvalue weighted by Crippen LogP contribution is -2.30. The number of hydrogen-bond acceptors (Lipinski definition) is 3. The van der Waals surface area contributed by atoms with Crippen molar-refractivity contribution >= 4 is 44.2 Å². The van der Waals surface area contributed by atoms with Crippen molar-refractivity contribution in [3.63, 3.8) is 0 Å². The number of benzene rings is 3. The van der Waals surface area contributed by atoms with Crippen LogP contribution in [0.2, 0.25) is 5.02 Å². The summed E-state index contributed by atoms with van der Waals surface area (Å²) in [5.74, 6) is -0.0905. The fourth-order valence-electron chi connectivity index (χ4n) is 2.93. The highest BCUT2D eigenvalue weighted by Crippen LogP contribution is 2.32. The van der Waals surface area contributed by atoms with E-state index in [1.54, 1.807) is 29.2 Å². The normalized spacial score (nSPS) is 10.9. The number of carbonyl (C=O) groups excluding carboxylic acids is 1. The monoisotopic (exact) mass is 392 g/mol. The minimum absolute atomic E-state index is 0.0905. The lowest BCUT2D eigenvalue weighted by atomic mass is 10.1. The van der Waals surface area contributed by atoms with E-state index in [1.807, 2.05) is 55.5 Å². The van der Waals surface area contributed by atoms with E-state index in [0.717, 1.165) is 21.3 Å². The molecule has 0 atom stereocenters. The summed E-state index contributed by atoms with van der Waals surface area (Å²) < 4.78 is 1.08. The molecule has 0 bridgehead atoms. The summed E-state index contributed by atoms with van der Waals surface area (Å²) in [6, 6.07) is 23.0. The average molecular weight is 393 g/mol. The van der Waals surface area contributed by atoms with E-state index in [2.05, 4.69) is 0 Å². The van der Waals surface area contributed by atoms with Crippen LogP contribution in [0.25, 0.3) is 10.2 Å². The smallest absolute Gasteiger partial charge is 0.260 e. The lowest BCUT2D eigenvalue weighted by Gasteiger charge is -2.20. The van der Waals surface area contributed by atoms with E-state index in [9.17, 15) is 4.79 Å². The highest BCUT2D eigenvalue weighted by atomic mass is 35.5. The van der Waals surface area contributed by atoms with Gasteiger partial charge in [-0.1, -0.05) is 65.4 Å². The number of fused-ring (bicyclic) bond motifs is 1. The number of amides is 1. The molecule has 0 radical (unpaired) electrons. The van der Waals surface area contributed by atoms with Gasteiger partial charge in [-0.25, -0.2) is 4.98 Å². The Hall–Kier alpha value is -2.69. The van der Waals surface area contributed by atoms with E-state index in [0.29, 0.717) is 22.3 Å². The molecule has 0 aliphatic carbocycles. The Kier molecular flexibility index (Phi) is 4.92. The first-order chi connectivity index (χ1) is 13.1. The number of carbonyl (C=O) groups is 1. The summed E-state index contributed by atoms with van der Waals surface area (Å²) in [5.41, 5.74) is 3.69. The van der Waals surface area contributed by atoms with Crippen molar-refractivity contribution in [3.8, 4) is 0 Å². The highest BCUT2D eigenvalue weighted by Gasteiger charge is 2.22. The Morgan fingerprint density at radius 2 is 1.74 bits per heavy atom. The molecule has 0 aliphatic heterocycles. The van der Waals surface area contributed by atoms with Gasteiger partial charge in [-0.05, 0) is 48.4 Å². The standard InChI is InChI=1S/C22H17ClN2OS/c1-15-6-5-9-19-20(15)24-22(27-19)25(14-16-7-3-2-4-8-16)21(26)17-10-12-18(23)13-11-17/h2-13H,14H2,1H3. The van der Waals surface area contributed by atoms with Crippen molar-refractivity contribution in [2.45, 2.75) is 13.5 Å². The molecule has 0 saturated heterocycles. The number of thiazole rings is 1. The second kappa shape index (κ2) is 7.51. The molecule has 0 spiro atoms. The van der Waals surface area contributed by atoms with Gasteiger partial charge in [-0.2, -0.15) is 0 Å². The molecule has 0 aliphatic rings. The van der Waals surface area contributed by atoms with Crippen molar-refractivity contribution in [1.82, 2.24) is 4.98 Å². The van der Waals surface area contributed by atoms with E-state index >= 15 is 0 Å². The van der Waals surface area contributed by atoms with Crippen LogP contribution < -0.4 is 4.90 Å². The van der Waals surface area contributed by atoms with Crippen LogP contribution in [0.5, 0.6) is 0 Å². The summed E-state index contributed by atoms with van der Waals surface area (Å²) in [7, 11) is 0. The Labute approximate surface area is 166 Å². The zero-order chi connectivity index (χ0) is 18.8. The molecule has 27 heavy (non-hydrogen) atoms. The second-order valence-corrected chi connectivity index (χ2v) is 7.75. The second-order valence-electron chi connectivity index (χ2n) is 6.30. The zero-order valence-electron chi connectivity index (χ0n) is 14.7. The number of aromatic nitrogens is 1. The van der Waals surface area contributed by atoms with Crippen LogP contribution in [0.4, 0.5) is 5.13 Å². The van der Waals surface area contributed by atoms with Crippen LogP contribution in [0.3, 0.4) is 0 Å². The van der Waals surface area contributed by atoms with Gasteiger partial charge in [0.05, 0.1) is 16.8 Å². The van der Waals surface area contributed by atoms with Gasteiger partial charge in [-0.3, -0.25) is 9.69 Å². The number of para-hydroxylation sites is 1. The van der Waals surface area contributed by atoms with Crippen molar-refractivity contribution in [2.75, 3.05) is 4.90 Å². The van der Waals surface area contributed by atoms with Crippen molar-refractivity contribution in [1.29, 1.82) is 0 Å². The first kappa shape index (κ1) is 17.7. The number of anilines is 1. The topological polar surface area (TPSA) is 33.2 Å². The molecule has 3 aromatic carbocycles. The van der Waals surface area contributed by atoms with Gasteiger partial charge in [0.2, 0.25) is 0 Å². The molecular formula is C22H17ClN2OS. The maximum Gasteiger partial charge on any atom is 0.260 e. The molecule has 0 N–H and O–H groups in total. The number of hydrogen-bond donors (Lipinski definition) is 0. The maximum absolute atomic E-state index is 13.3. The fraction of sp³-hybridized carbons (Fsp3) is 0.0909. The van der Waals surface area contributed by atoms with E-state index in [1.165, 1.54) is 11.3 Å². The SMILES string of the molecule is Cc1cccc2sc(N(Cc3ccccc3)C(=O)c3ccc(Cl)cc3)nc12. The van der Waals surface area contributed by atoms with Crippen LogP contribution in [0.15, 0.2) is 72.8 Å². The molecule has 1 aromatic heterocycles. The van der Waals surface area contributed by atoms with Crippen molar-refractivity contribution in [2.24, 2.45) is 0 Å². The van der Waals surface area contributed by atoms with Crippen LogP contribution in [0.1, 0.15) is 21.5 Å². The predicted octanol–water partition coefficient (Wildman–Crippen LogP) is 6.11. The van der Waals surface area contributed by atoms with Crippen LogP contribution in [-0.4, -0.2) is 10.9 Å². The van der Waals surface area contributed by atoms with Gasteiger partial charge in [0, 0.05) is 10.6 Å². The molecule has 0 saturated carbocycles. The molecule has 0 fully saturated rings. The van der Waals surface area contributed by atoms with Gasteiger partial charge in [-0.15, -0.1) is 0 Å². The predicted molar refractivity (Wildman–Crippen MR) is 113 cm³/mol. The largest absolute Gasteiger partial charge is 0.279 e. The Morgan fingerprint density at radius 3 is 2.44 bits per heavy atom. The Morgan fingerprint density at radius 1 is 1.00 bits per heavy atom. The van der Waals surface area contributed by atoms with Crippen LogP contribution >= 0.6 is 22.9 Å². The number of rotatable bonds is 4. The molecule has 4 rings (SSSR count). The number of aryl methyl sites for hydroxylation is 1. The molecule has 1 heterocycles. The Balaban J connectivity index is 1.78. The fourth-order valence-corrected chi connectivity index (χ4v) is 4.10. The number of nitrogens with zero attached hydrogens (tertiary/aromatic N) is 2. The summed E-state index contributed by atoms with van der Waals surface area (Å²) >= 11 is 7.51. The summed E-state index contributed by atoms with van der Waals surface area (Å²) in [4.78, 5) is 19.8. The lowest BCUT2D eigenvalue weighted by molar-refractivity contribution is 0.0985. The molecule has 0 unspecified atom stereocenters. The summed E-state index contributed by atoms with van der Waals surface area (Å²) in [6.07, 6.45) is 0. The zero-order valence-corrected chi connectivity index (χ0v) is 16.3. The molecule has 134 valence electrons. The van der Waals surface area contributed by atoms with Gasteiger partial charge in [0.1, 0.15) is 0 Å². The highest BCUT2D eigenvalue weighted by molar-refractivity contribution is 7.22. The molecule has 1 amide bonds. The third kappa shape index (κ3) is 3.72. The first-order valence-electron chi connectivity index (χ1n) is 8.59. The molecule has 4 aromatic rings. The van der Waals surface area contributed by atoms with Crippen LogP contribution in [0, 0.1) is 6.92 Å². The van der Waals surface area contributed by atoms with E-state index in [-0.39, 0.29) is 5.91 Å². The summed E-state index contributed by atoms with van der Waals surface area (Å²) in [6.45, 7) is 2.50. The third-order valence-corrected chi connectivity index (χ3v) is 5.66. The van der Waals surface area contributed by atoms with Crippen molar-refractivity contribution in [3.05, 3.63) is 94.5 Å². The van der Waals surface area contributed by atoms with E-state index < -0.39 is 0 Å². The van der Waals surface area contributed by atoms with Gasteiger partial charge >= 0.3 is 0 Å². The third-order valence-electron chi connectivity index (χ3n) is 4.36. The number of halogens is 1. The van der Waals surface area contributed by atoms with Gasteiger partial charge in [0.15, 0.2) is 5.13 Å². The minimum Gasteiger partial charge on any atom is -0.279 e. The quantitative estimate of drug-likeness (QED) is 0.420. The molecule has 3 nitrogen and oxygen atoms in total. The first-order valence-corrected chi connectivity index (χ1v) is 9.79. The van der Waals surface area contributed by atoms with Crippen molar-refractivity contribution < 1.29 is 4.79 Å². The van der Waals surface area contributed by atoms with E-state index in [4.69, 9.17) is 16.6 Å². The summed E-state index contributed by atoms with van der Waals surface area (Å²) in [5, 5.41) is 1.31. The molecular weight excluding hydrogens is 376 g/mol. The minimum atomic E-state index is -0.0905. The average Bonchev–Trinajstić information content (AvgIpc) is 3.12. The Bertz CT molecular complexity index is 1090. The van der Waals surface area contributed by atoms with Gasteiger partial charge < -0.3 is 0 Å². The van der Waals surface area contributed by atoms with Crippen LogP contribution in [-0.2, 0) is 6.54 Å². The maximum atomic E-state index is 13.3. The molecule has 5 heteroatoms. The van der Waals surface area contributed by atoms with Gasteiger partial charge in [0.25, 0.3) is 5.91 Å².